The minimum absolute atomic E-state index is 0. The maximum atomic E-state index is 11.9. The van der Waals surface area contributed by atoms with Crippen molar-refractivity contribution >= 4 is 12.0 Å². The smallest absolute Gasteiger partial charge is 0.415 e. The van der Waals surface area contributed by atoms with Crippen molar-refractivity contribution in [3.05, 3.63) is 18.7 Å². The van der Waals surface area contributed by atoms with E-state index in [2.05, 4.69) is 4.74 Å². The number of rotatable bonds is 4. The van der Waals surface area contributed by atoms with Gasteiger partial charge in [0.1, 0.15) is 12.4 Å². The summed E-state index contributed by atoms with van der Waals surface area (Å²) in [5.74, 6) is -0.252. The van der Waals surface area contributed by atoms with Crippen LogP contribution in [0.5, 0.6) is 0 Å². The Hall–Kier alpha value is -1.12. The monoisotopic (exact) mass is 367 g/mol. The third-order valence-corrected chi connectivity index (χ3v) is 2.42. The Bertz CT molecular complexity index is 406. The molecule has 1 amide bonds. The molecule has 0 aromatic carbocycles. The second-order valence-electron chi connectivity index (χ2n) is 3.87. The van der Waals surface area contributed by atoms with E-state index in [4.69, 9.17) is 0 Å². The van der Waals surface area contributed by atoms with Crippen molar-refractivity contribution in [3.63, 3.8) is 0 Å². The van der Waals surface area contributed by atoms with Crippen molar-refractivity contribution in [1.29, 1.82) is 0 Å². The molecule has 0 atom stereocenters. The van der Waals surface area contributed by atoms with Crippen LogP contribution in [0.3, 0.4) is 0 Å². The molecule has 1 aromatic heterocycles. The lowest BCUT2D eigenvalue weighted by molar-refractivity contribution is -0.670. The predicted octanol–water partition coefficient (Wildman–Crippen LogP) is -2.83. The molecule has 0 N–H and O–H groups in total. The van der Waals surface area contributed by atoms with Gasteiger partial charge < -0.3 is 33.6 Å². The van der Waals surface area contributed by atoms with Crippen LogP contribution in [0, 0.1) is 0 Å². The topological polar surface area (TPSA) is 55.4 Å². The highest BCUT2D eigenvalue weighted by Gasteiger charge is 2.16. The van der Waals surface area contributed by atoms with Crippen molar-refractivity contribution in [3.8, 4) is 0 Å². The number of hydrogen-bond acceptors (Lipinski definition) is 3. The van der Waals surface area contributed by atoms with Gasteiger partial charge in [0.25, 0.3) is 6.33 Å². The first-order valence-corrected chi connectivity index (χ1v) is 5.40. The summed E-state index contributed by atoms with van der Waals surface area (Å²) in [5, 5.41) is 0. The fraction of sp³-hybridized carbons (Fsp3) is 0.545. The molecule has 6 nitrogen and oxygen atoms in total. The quantitative estimate of drug-likeness (QED) is 0.328. The van der Waals surface area contributed by atoms with E-state index < -0.39 is 0 Å². The molecule has 0 bridgehead atoms. The van der Waals surface area contributed by atoms with Gasteiger partial charge >= 0.3 is 12.0 Å². The second kappa shape index (κ2) is 8.06. The molecule has 102 valence electrons. The third kappa shape index (κ3) is 5.03. The molecule has 0 saturated carbocycles. The summed E-state index contributed by atoms with van der Waals surface area (Å²) in [7, 11) is 4.91. The van der Waals surface area contributed by atoms with Crippen LogP contribution in [0.15, 0.2) is 18.7 Å². The highest BCUT2D eigenvalue weighted by atomic mass is 127. The maximum Gasteiger partial charge on any atom is 0.415 e. The molecule has 18 heavy (non-hydrogen) atoms. The Labute approximate surface area is 124 Å². The van der Waals surface area contributed by atoms with Gasteiger partial charge in [0.05, 0.1) is 14.2 Å². The van der Waals surface area contributed by atoms with Gasteiger partial charge in [0, 0.05) is 20.0 Å². The normalized spacial score (nSPS) is 9.50. The van der Waals surface area contributed by atoms with E-state index in [1.54, 1.807) is 35.2 Å². The number of halogens is 1. The van der Waals surface area contributed by atoms with Crippen LogP contribution in [0.25, 0.3) is 0 Å². The fourth-order valence-electron chi connectivity index (χ4n) is 1.42. The SMILES string of the molecule is COC(=O)CCCN(C)C(=O)n1cc[n+](C)c1.[I-]. The van der Waals surface area contributed by atoms with E-state index in [0.717, 1.165) is 0 Å². The number of imidazole rings is 1. The molecule has 0 spiro atoms. The number of carbonyl (C=O) groups is 2. The first kappa shape index (κ1) is 16.9. The molecule has 1 aromatic rings. The van der Waals surface area contributed by atoms with Gasteiger partial charge in [-0.2, -0.15) is 4.57 Å². The van der Waals surface area contributed by atoms with Crippen molar-refractivity contribution in [2.75, 3.05) is 20.7 Å². The van der Waals surface area contributed by atoms with Crippen molar-refractivity contribution < 1.29 is 42.9 Å². The average Bonchev–Trinajstić information content (AvgIpc) is 2.74. The molecule has 0 aliphatic carbocycles. The Morgan fingerprint density at radius 2 is 2.11 bits per heavy atom. The number of methoxy groups -OCH3 is 1. The molecule has 7 heteroatoms. The third-order valence-electron chi connectivity index (χ3n) is 2.42. The lowest BCUT2D eigenvalue weighted by Crippen LogP contribution is -3.00. The summed E-state index contributed by atoms with van der Waals surface area (Å²) in [6.07, 6.45) is 6.11. The van der Waals surface area contributed by atoms with Crippen LogP contribution in [0.1, 0.15) is 12.8 Å². The van der Waals surface area contributed by atoms with E-state index in [1.165, 1.54) is 11.7 Å². The second-order valence-corrected chi connectivity index (χ2v) is 3.87. The zero-order valence-electron chi connectivity index (χ0n) is 10.8. The Balaban J connectivity index is 0.00000289. The van der Waals surface area contributed by atoms with Crippen LogP contribution in [-0.4, -0.2) is 42.2 Å². The van der Waals surface area contributed by atoms with Gasteiger partial charge in [-0.15, -0.1) is 0 Å². The summed E-state index contributed by atoms with van der Waals surface area (Å²) in [6, 6.07) is -0.115. The van der Waals surface area contributed by atoms with Crippen LogP contribution in [-0.2, 0) is 16.6 Å². The van der Waals surface area contributed by atoms with E-state index in [9.17, 15) is 9.59 Å². The maximum absolute atomic E-state index is 11.9. The summed E-state index contributed by atoms with van der Waals surface area (Å²) in [5.41, 5.74) is 0. The molecule has 0 aliphatic heterocycles. The lowest BCUT2D eigenvalue weighted by atomic mass is 10.3. The first-order chi connectivity index (χ1) is 8.04. The van der Waals surface area contributed by atoms with Gasteiger partial charge in [0.15, 0.2) is 0 Å². The minimum atomic E-state index is -0.252. The number of amides is 1. The fourth-order valence-corrected chi connectivity index (χ4v) is 1.42. The highest BCUT2D eigenvalue weighted by Crippen LogP contribution is 1.98. The molecule has 0 fully saturated rings. The van der Waals surface area contributed by atoms with Gasteiger partial charge in [0.2, 0.25) is 0 Å². The molecular formula is C11H18IN3O3. The molecule has 0 aliphatic rings. The zero-order chi connectivity index (χ0) is 12.8. The Morgan fingerprint density at radius 1 is 1.44 bits per heavy atom. The standard InChI is InChI=1S/C11H18N3O3.HI/c1-12-7-8-14(9-12)11(16)13(2)6-4-5-10(15)17-3;/h7-9H,4-6H2,1-3H3;1H/q+1;/p-1. The summed E-state index contributed by atoms with van der Waals surface area (Å²) >= 11 is 0. The number of ether oxygens (including phenoxy) is 1. The summed E-state index contributed by atoms with van der Waals surface area (Å²) < 4.78 is 7.82. The molecule has 1 rings (SSSR count). The van der Waals surface area contributed by atoms with Crippen LogP contribution >= 0.6 is 0 Å². The molecule has 0 saturated heterocycles. The Kier molecular flexibility index (Phi) is 7.56. The largest absolute Gasteiger partial charge is 1.00 e. The van der Waals surface area contributed by atoms with Gasteiger partial charge in [-0.25, -0.2) is 9.36 Å². The summed E-state index contributed by atoms with van der Waals surface area (Å²) in [4.78, 5) is 24.3. The number of aromatic nitrogens is 2. The van der Waals surface area contributed by atoms with Crippen molar-refractivity contribution in [2.45, 2.75) is 12.8 Å². The number of carbonyl (C=O) groups excluding carboxylic acids is 2. The number of esters is 1. The van der Waals surface area contributed by atoms with Crippen molar-refractivity contribution in [2.24, 2.45) is 7.05 Å². The lowest BCUT2D eigenvalue weighted by Gasteiger charge is -2.13. The average molecular weight is 367 g/mol. The number of nitrogens with zero attached hydrogens (tertiary/aromatic N) is 3. The van der Waals surface area contributed by atoms with E-state index in [1.807, 2.05) is 7.05 Å². The van der Waals surface area contributed by atoms with Crippen LogP contribution in [0.2, 0.25) is 0 Å². The predicted molar refractivity (Wildman–Crippen MR) is 60.3 cm³/mol. The van der Waals surface area contributed by atoms with Gasteiger partial charge in [-0.3, -0.25) is 4.79 Å². The van der Waals surface area contributed by atoms with E-state index in [-0.39, 0.29) is 36.0 Å². The van der Waals surface area contributed by atoms with Crippen LogP contribution < -0.4 is 28.5 Å². The van der Waals surface area contributed by atoms with Gasteiger partial charge in [-0.1, -0.05) is 0 Å². The molecule has 0 unspecified atom stereocenters. The summed E-state index contributed by atoms with van der Waals surface area (Å²) in [6.45, 7) is 0.524. The number of aryl methyl sites for hydroxylation is 1. The van der Waals surface area contributed by atoms with E-state index in [0.29, 0.717) is 19.4 Å². The van der Waals surface area contributed by atoms with Gasteiger partial charge in [-0.05, 0) is 6.42 Å². The highest BCUT2D eigenvalue weighted by molar-refractivity contribution is 5.76. The first-order valence-electron chi connectivity index (χ1n) is 5.40. The molecular weight excluding hydrogens is 349 g/mol. The zero-order valence-corrected chi connectivity index (χ0v) is 13.0. The van der Waals surface area contributed by atoms with E-state index >= 15 is 0 Å². The van der Waals surface area contributed by atoms with Crippen molar-refractivity contribution in [1.82, 2.24) is 9.47 Å². The molecule has 0 radical (unpaired) electrons. The number of hydrogen-bond donors (Lipinski definition) is 0. The minimum Gasteiger partial charge on any atom is -1.00 e. The van der Waals surface area contributed by atoms with Crippen LogP contribution in [0.4, 0.5) is 4.79 Å². The molecule has 1 heterocycles. The Morgan fingerprint density at radius 3 is 2.61 bits per heavy atom.